The van der Waals surface area contributed by atoms with E-state index in [1.54, 1.807) is 9.47 Å². The summed E-state index contributed by atoms with van der Waals surface area (Å²) in [4.78, 5) is 43.9. The lowest BCUT2D eigenvalue weighted by atomic mass is 10.2. The fourth-order valence-electron chi connectivity index (χ4n) is 1.04. The summed E-state index contributed by atoms with van der Waals surface area (Å²) in [6, 6.07) is -1.38. The molecule has 0 saturated carbocycles. The van der Waals surface area contributed by atoms with Crippen LogP contribution in [0.25, 0.3) is 0 Å². The summed E-state index contributed by atoms with van der Waals surface area (Å²) in [6.45, 7) is 3.01. The molecule has 0 saturated heterocycles. The average Bonchev–Trinajstić information content (AvgIpc) is 2.35. The molecule has 0 aromatic heterocycles. The van der Waals surface area contributed by atoms with Gasteiger partial charge in [0.05, 0.1) is 21.9 Å². The first-order chi connectivity index (χ1) is 8.40. The van der Waals surface area contributed by atoms with Gasteiger partial charge in [-0.05, 0) is 13.8 Å². The van der Waals surface area contributed by atoms with Crippen LogP contribution in [0.5, 0.6) is 0 Å². The number of amides is 2. The summed E-state index contributed by atoms with van der Waals surface area (Å²) in [7, 11) is 1.79. The zero-order valence-corrected chi connectivity index (χ0v) is 11.4. The minimum atomic E-state index is -0.771. The molecule has 2 amide bonds. The third kappa shape index (κ3) is 6.96. The van der Waals surface area contributed by atoms with Crippen LogP contribution >= 0.6 is 9.47 Å². The Morgan fingerprint density at radius 3 is 2.33 bits per heavy atom. The van der Waals surface area contributed by atoms with Crippen molar-refractivity contribution in [2.75, 3.05) is 0 Å². The molecule has 0 heterocycles. The van der Waals surface area contributed by atoms with Crippen LogP contribution in [-0.4, -0.2) is 36.2 Å². The van der Waals surface area contributed by atoms with Gasteiger partial charge in [-0.2, -0.15) is 0 Å². The highest BCUT2D eigenvalue weighted by molar-refractivity contribution is 7.10. The van der Waals surface area contributed by atoms with E-state index in [1.807, 2.05) is 0 Å². The van der Waals surface area contributed by atoms with Crippen molar-refractivity contribution in [2.24, 2.45) is 0 Å². The van der Waals surface area contributed by atoms with Gasteiger partial charge in [0.15, 0.2) is 0 Å². The highest BCUT2D eigenvalue weighted by Gasteiger charge is 2.17. The smallest absolute Gasteiger partial charge is 0.308 e. The van der Waals surface area contributed by atoms with Gasteiger partial charge in [-0.25, -0.2) is 0 Å². The lowest BCUT2D eigenvalue weighted by Gasteiger charge is -2.15. The highest BCUT2D eigenvalue weighted by atomic mass is 31.0. The van der Waals surface area contributed by atoms with Gasteiger partial charge in [0.1, 0.15) is 12.3 Å². The van der Waals surface area contributed by atoms with Crippen molar-refractivity contribution in [1.82, 2.24) is 10.6 Å². The van der Waals surface area contributed by atoms with Crippen molar-refractivity contribution in [3.05, 3.63) is 0 Å². The van der Waals surface area contributed by atoms with Gasteiger partial charge in [0.25, 0.3) is 0 Å². The molecule has 3 unspecified atom stereocenters. The SMILES string of the molecule is CC(C=O)NC(=O)C(C)NC(=O)CCC(=O)OP. The number of carbonyl (C=O) groups is 4. The van der Waals surface area contributed by atoms with Crippen LogP contribution in [0.2, 0.25) is 0 Å². The summed E-state index contributed by atoms with van der Waals surface area (Å²) in [5, 5.41) is 4.80. The second-order valence-electron chi connectivity index (χ2n) is 3.71. The van der Waals surface area contributed by atoms with E-state index in [4.69, 9.17) is 0 Å². The number of hydrogen-bond acceptors (Lipinski definition) is 5. The molecule has 0 aliphatic heterocycles. The average molecular weight is 276 g/mol. The van der Waals surface area contributed by atoms with E-state index in [1.165, 1.54) is 13.8 Å². The molecule has 8 heteroatoms. The molecule has 0 aromatic carbocycles. The van der Waals surface area contributed by atoms with Gasteiger partial charge in [0, 0.05) is 6.42 Å². The van der Waals surface area contributed by atoms with E-state index in [9.17, 15) is 19.2 Å². The topological polar surface area (TPSA) is 102 Å². The van der Waals surface area contributed by atoms with Crippen molar-refractivity contribution in [2.45, 2.75) is 38.8 Å². The first-order valence-corrected chi connectivity index (χ1v) is 5.82. The molecule has 0 aliphatic rings. The van der Waals surface area contributed by atoms with Gasteiger partial charge in [-0.1, -0.05) is 0 Å². The van der Waals surface area contributed by atoms with Gasteiger partial charge in [-0.15, -0.1) is 0 Å². The molecular formula is C10H17N2O5P. The highest BCUT2D eigenvalue weighted by Crippen LogP contribution is 1.97. The summed E-state index contributed by atoms with van der Waals surface area (Å²) >= 11 is 0. The maximum Gasteiger partial charge on any atom is 0.308 e. The summed E-state index contributed by atoms with van der Waals surface area (Å²) in [5.74, 6) is -1.43. The van der Waals surface area contributed by atoms with Crippen LogP contribution in [0.3, 0.4) is 0 Å². The Bertz CT molecular complexity index is 334. The Morgan fingerprint density at radius 1 is 1.22 bits per heavy atom. The van der Waals surface area contributed by atoms with Crippen molar-refractivity contribution in [1.29, 1.82) is 0 Å². The fraction of sp³-hybridized carbons (Fsp3) is 0.600. The Labute approximate surface area is 107 Å². The molecule has 0 radical (unpaired) electrons. The molecule has 2 N–H and O–H groups in total. The molecule has 0 bridgehead atoms. The number of hydrogen-bond donors (Lipinski definition) is 2. The summed E-state index contributed by atoms with van der Waals surface area (Å²) < 4.78 is 4.30. The maximum atomic E-state index is 11.5. The minimum Gasteiger partial charge on any atom is -0.451 e. The molecule has 102 valence electrons. The first kappa shape index (κ1) is 16.5. The normalized spacial score (nSPS) is 13.1. The monoisotopic (exact) mass is 276 g/mol. The van der Waals surface area contributed by atoms with Crippen molar-refractivity contribution < 1.29 is 23.7 Å². The molecule has 0 aromatic rings. The predicted octanol–water partition coefficient (Wildman–Crippen LogP) is -0.692. The van der Waals surface area contributed by atoms with E-state index < -0.39 is 29.9 Å². The van der Waals surface area contributed by atoms with E-state index in [-0.39, 0.29) is 12.8 Å². The maximum absolute atomic E-state index is 11.5. The third-order valence-electron chi connectivity index (χ3n) is 2.03. The quantitative estimate of drug-likeness (QED) is 0.473. The van der Waals surface area contributed by atoms with Crippen LogP contribution in [0.4, 0.5) is 0 Å². The number of rotatable bonds is 7. The number of nitrogens with one attached hydrogen (secondary N) is 2. The van der Waals surface area contributed by atoms with Gasteiger partial charge >= 0.3 is 5.97 Å². The Balaban J connectivity index is 4.03. The van der Waals surface area contributed by atoms with Crippen molar-refractivity contribution in [3.63, 3.8) is 0 Å². The van der Waals surface area contributed by atoms with Crippen LogP contribution < -0.4 is 10.6 Å². The Morgan fingerprint density at radius 2 is 1.83 bits per heavy atom. The number of aldehydes is 1. The number of carbonyl (C=O) groups excluding carboxylic acids is 4. The lowest BCUT2D eigenvalue weighted by molar-refractivity contribution is -0.135. The van der Waals surface area contributed by atoms with E-state index in [2.05, 4.69) is 15.2 Å². The molecule has 0 rings (SSSR count). The second-order valence-corrected chi connectivity index (χ2v) is 3.95. The van der Waals surface area contributed by atoms with Crippen LogP contribution in [0.1, 0.15) is 26.7 Å². The van der Waals surface area contributed by atoms with Gasteiger partial charge in [0.2, 0.25) is 11.8 Å². The zero-order valence-electron chi connectivity index (χ0n) is 10.3. The fourth-order valence-corrected chi connectivity index (χ4v) is 1.15. The molecular weight excluding hydrogens is 259 g/mol. The summed E-state index contributed by atoms with van der Waals surface area (Å²) in [5.41, 5.74) is 0. The predicted molar refractivity (Wildman–Crippen MR) is 66.3 cm³/mol. The zero-order chi connectivity index (χ0) is 14.1. The largest absolute Gasteiger partial charge is 0.451 e. The molecule has 3 atom stereocenters. The van der Waals surface area contributed by atoms with Crippen LogP contribution in [0, 0.1) is 0 Å². The van der Waals surface area contributed by atoms with E-state index in [0.29, 0.717) is 6.29 Å². The van der Waals surface area contributed by atoms with Crippen molar-refractivity contribution >= 4 is 33.5 Å². The van der Waals surface area contributed by atoms with Crippen LogP contribution in [-0.2, 0) is 23.7 Å². The molecule has 7 nitrogen and oxygen atoms in total. The second kappa shape index (κ2) is 8.58. The van der Waals surface area contributed by atoms with Gasteiger partial charge in [-0.3, -0.25) is 14.4 Å². The van der Waals surface area contributed by atoms with Crippen molar-refractivity contribution in [3.8, 4) is 0 Å². The standard InChI is InChI=1S/C10H17N2O5P/c1-6(5-13)11-10(16)7(2)12-8(14)3-4-9(15)17-18/h5-7H,3-4,18H2,1-2H3,(H,11,16)(H,12,14). The molecule has 0 fully saturated rings. The summed E-state index contributed by atoms with van der Waals surface area (Å²) in [6.07, 6.45) is 0.462. The van der Waals surface area contributed by atoms with E-state index in [0.717, 1.165) is 0 Å². The molecule has 0 aliphatic carbocycles. The van der Waals surface area contributed by atoms with E-state index >= 15 is 0 Å². The van der Waals surface area contributed by atoms with Crippen LogP contribution in [0.15, 0.2) is 0 Å². The third-order valence-corrected chi connectivity index (χ3v) is 2.30. The lowest BCUT2D eigenvalue weighted by Crippen LogP contribution is -2.47. The Kier molecular flexibility index (Phi) is 7.87. The van der Waals surface area contributed by atoms with Gasteiger partial charge < -0.3 is 20.0 Å². The minimum absolute atomic E-state index is 0.0611. The Hall–Kier alpha value is -1.49. The first-order valence-electron chi connectivity index (χ1n) is 5.35. The molecule has 0 spiro atoms. The molecule has 18 heavy (non-hydrogen) atoms.